The van der Waals surface area contributed by atoms with E-state index in [1.54, 1.807) is 24.9 Å². The quantitative estimate of drug-likeness (QED) is 0.488. The normalized spacial score (nSPS) is 14.9. The van der Waals surface area contributed by atoms with Gasteiger partial charge in [0.15, 0.2) is 0 Å². The van der Waals surface area contributed by atoms with Crippen molar-refractivity contribution in [2.24, 2.45) is 4.99 Å². The van der Waals surface area contributed by atoms with Crippen molar-refractivity contribution in [3.63, 3.8) is 0 Å². The topological polar surface area (TPSA) is 61.4 Å². The summed E-state index contributed by atoms with van der Waals surface area (Å²) in [4.78, 5) is 18.1. The second-order valence-corrected chi connectivity index (χ2v) is 5.88. The van der Waals surface area contributed by atoms with E-state index in [1.807, 2.05) is 29.0 Å². The molecular formula is C18H15ClN4O. The van der Waals surface area contributed by atoms with Crippen LogP contribution in [0.3, 0.4) is 0 Å². The Balaban J connectivity index is 2.35. The van der Waals surface area contributed by atoms with Crippen LogP contribution in [-0.2, 0) is 11.3 Å². The Morgan fingerprint density at radius 2 is 2.25 bits per heavy atom. The molecule has 24 heavy (non-hydrogen) atoms. The lowest BCUT2D eigenvalue weighted by molar-refractivity contribution is -0.119. The standard InChI is InChI=1S/C18H15ClN4O/c1-4-12(8-20)17(21-11(2)19)14-9-23-10-16(24)22(3)15-7-5-6-13(14)18(15)23/h4-7,9H,2,10H2,1,3H3/b12-4-,21-17+. The number of benzene rings is 1. The van der Waals surface area contributed by atoms with Crippen molar-refractivity contribution >= 4 is 39.8 Å². The first-order chi connectivity index (χ1) is 11.5. The molecule has 2 aromatic rings. The number of anilines is 1. The molecule has 2 heterocycles. The SMILES string of the molecule is C=C(Cl)/N=C(\C(C#N)=C/C)c1cn2c3c(cccc13)N(C)C(=O)C2. The van der Waals surface area contributed by atoms with Gasteiger partial charge in [-0.1, -0.05) is 36.4 Å². The zero-order chi connectivity index (χ0) is 17.4. The summed E-state index contributed by atoms with van der Waals surface area (Å²) in [7, 11) is 1.76. The molecule has 0 spiro atoms. The number of allylic oxidation sites excluding steroid dienone is 2. The van der Waals surface area contributed by atoms with Gasteiger partial charge in [0, 0.05) is 24.2 Å². The van der Waals surface area contributed by atoms with Crippen LogP contribution in [0.5, 0.6) is 0 Å². The third-order valence-electron chi connectivity index (χ3n) is 4.07. The van der Waals surface area contributed by atoms with E-state index in [4.69, 9.17) is 11.6 Å². The van der Waals surface area contributed by atoms with E-state index in [9.17, 15) is 10.1 Å². The second kappa shape index (κ2) is 5.99. The lowest BCUT2D eigenvalue weighted by Crippen LogP contribution is -2.33. The molecule has 0 unspecified atom stereocenters. The first kappa shape index (κ1) is 16.0. The lowest BCUT2D eigenvalue weighted by atomic mass is 10.0. The second-order valence-electron chi connectivity index (χ2n) is 5.45. The van der Waals surface area contributed by atoms with Gasteiger partial charge in [0.05, 0.1) is 22.5 Å². The first-order valence-electron chi connectivity index (χ1n) is 7.36. The number of nitrogens with zero attached hydrogens (tertiary/aromatic N) is 4. The maximum Gasteiger partial charge on any atom is 0.246 e. The molecule has 0 bridgehead atoms. The summed E-state index contributed by atoms with van der Waals surface area (Å²) in [6, 6.07) is 7.87. The van der Waals surface area contributed by atoms with Gasteiger partial charge in [-0.2, -0.15) is 5.26 Å². The Morgan fingerprint density at radius 1 is 1.50 bits per heavy atom. The van der Waals surface area contributed by atoms with E-state index in [2.05, 4.69) is 17.6 Å². The third kappa shape index (κ3) is 2.41. The molecule has 1 aromatic heterocycles. The van der Waals surface area contributed by atoms with Crippen LogP contribution < -0.4 is 4.90 Å². The smallest absolute Gasteiger partial charge is 0.246 e. The van der Waals surface area contributed by atoms with Crippen LogP contribution >= 0.6 is 11.6 Å². The molecular weight excluding hydrogens is 324 g/mol. The number of carbonyl (C=O) groups is 1. The number of hydrogen-bond donors (Lipinski definition) is 0. The highest BCUT2D eigenvalue weighted by Gasteiger charge is 2.26. The van der Waals surface area contributed by atoms with Crippen molar-refractivity contribution in [1.82, 2.24) is 4.57 Å². The van der Waals surface area contributed by atoms with Crippen molar-refractivity contribution in [3.05, 3.63) is 53.3 Å². The molecule has 1 aromatic carbocycles. The van der Waals surface area contributed by atoms with Crippen molar-refractivity contribution < 1.29 is 4.79 Å². The van der Waals surface area contributed by atoms with Gasteiger partial charge in [-0.25, -0.2) is 4.99 Å². The molecule has 6 heteroatoms. The highest BCUT2D eigenvalue weighted by atomic mass is 35.5. The van der Waals surface area contributed by atoms with Gasteiger partial charge in [0.25, 0.3) is 0 Å². The highest BCUT2D eigenvalue weighted by molar-refractivity contribution is 6.31. The molecule has 1 amide bonds. The monoisotopic (exact) mass is 338 g/mol. The van der Waals surface area contributed by atoms with Gasteiger partial charge < -0.3 is 9.47 Å². The zero-order valence-electron chi connectivity index (χ0n) is 13.4. The Bertz CT molecular complexity index is 975. The number of amides is 1. The van der Waals surface area contributed by atoms with Crippen LogP contribution in [-0.4, -0.2) is 23.2 Å². The maximum atomic E-state index is 12.2. The van der Waals surface area contributed by atoms with Crippen LogP contribution in [0.2, 0.25) is 0 Å². The number of carbonyl (C=O) groups excluding carboxylic acids is 1. The average molecular weight is 339 g/mol. The van der Waals surface area contributed by atoms with Gasteiger partial charge >= 0.3 is 0 Å². The number of likely N-dealkylation sites (N-methyl/N-ethyl adjacent to an activating group) is 1. The number of para-hydroxylation sites is 1. The summed E-state index contributed by atoms with van der Waals surface area (Å²) in [5, 5.41) is 10.4. The summed E-state index contributed by atoms with van der Waals surface area (Å²) in [6.07, 6.45) is 3.53. The average Bonchev–Trinajstić information content (AvgIpc) is 2.92. The van der Waals surface area contributed by atoms with Crippen LogP contribution in [0.15, 0.2) is 52.8 Å². The minimum atomic E-state index is 0.00364. The summed E-state index contributed by atoms with van der Waals surface area (Å²) < 4.78 is 1.89. The highest BCUT2D eigenvalue weighted by Crippen LogP contribution is 2.34. The third-order valence-corrected chi connectivity index (χ3v) is 4.16. The fraction of sp³-hybridized carbons (Fsp3) is 0.167. The van der Waals surface area contributed by atoms with Crippen LogP contribution in [0.25, 0.3) is 10.9 Å². The van der Waals surface area contributed by atoms with Crippen LogP contribution in [0.4, 0.5) is 5.69 Å². The van der Waals surface area contributed by atoms with Gasteiger partial charge in [-0.15, -0.1) is 0 Å². The van der Waals surface area contributed by atoms with Gasteiger partial charge in [-0.3, -0.25) is 4.79 Å². The lowest BCUT2D eigenvalue weighted by Gasteiger charge is -2.24. The van der Waals surface area contributed by atoms with E-state index in [0.717, 1.165) is 22.2 Å². The molecule has 0 fully saturated rings. The first-order valence-corrected chi connectivity index (χ1v) is 7.74. The molecule has 0 saturated heterocycles. The molecule has 0 aliphatic carbocycles. The number of nitriles is 1. The summed E-state index contributed by atoms with van der Waals surface area (Å²) in [5.74, 6) is 0.00364. The van der Waals surface area contributed by atoms with E-state index in [1.165, 1.54) is 0 Å². The number of halogens is 1. The minimum absolute atomic E-state index is 0.00364. The molecule has 0 atom stereocenters. The van der Waals surface area contributed by atoms with Crippen molar-refractivity contribution in [2.75, 3.05) is 11.9 Å². The predicted molar refractivity (Wildman–Crippen MR) is 96.2 cm³/mol. The minimum Gasteiger partial charge on any atom is -0.336 e. The van der Waals surface area contributed by atoms with Gasteiger partial charge in [0.2, 0.25) is 5.91 Å². The Hall–Kier alpha value is -2.84. The van der Waals surface area contributed by atoms with E-state index in [-0.39, 0.29) is 17.6 Å². The van der Waals surface area contributed by atoms with Crippen molar-refractivity contribution in [1.29, 1.82) is 5.26 Å². The molecule has 3 rings (SSSR count). The fourth-order valence-electron chi connectivity index (χ4n) is 2.95. The van der Waals surface area contributed by atoms with E-state index < -0.39 is 0 Å². The zero-order valence-corrected chi connectivity index (χ0v) is 14.1. The predicted octanol–water partition coefficient (Wildman–Crippen LogP) is 3.59. The van der Waals surface area contributed by atoms with Crippen LogP contribution in [0.1, 0.15) is 12.5 Å². The fourth-order valence-corrected chi connectivity index (χ4v) is 3.04. The number of rotatable bonds is 3. The van der Waals surface area contributed by atoms with E-state index in [0.29, 0.717) is 11.3 Å². The number of aliphatic imine (C=N–C) groups is 1. The van der Waals surface area contributed by atoms with Gasteiger partial charge in [-0.05, 0) is 13.0 Å². The Labute approximate surface area is 144 Å². The van der Waals surface area contributed by atoms with Gasteiger partial charge in [0.1, 0.15) is 17.8 Å². The molecule has 5 nitrogen and oxygen atoms in total. The molecule has 1 aliphatic heterocycles. The molecule has 1 aliphatic rings. The van der Waals surface area contributed by atoms with Crippen molar-refractivity contribution in [2.45, 2.75) is 13.5 Å². The molecule has 120 valence electrons. The molecule has 0 N–H and O–H groups in total. The van der Waals surface area contributed by atoms with Crippen LogP contribution in [0, 0.1) is 11.3 Å². The summed E-state index contributed by atoms with van der Waals surface area (Å²) >= 11 is 5.87. The van der Waals surface area contributed by atoms with Crippen molar-refractivity contribution in [3.8, 4) is 6.07 Å². The maximum absolute atomic E-state index is 12.2. The summed E-state index contributed by atoms with van der Waals surface area (Å²) in [6.45, 7) is 5.62. The Morgan fingerprint density at radius 3 is 2.88 bits per heavy atom. The largest absolute Gasteiger partial charge is 0.336 e. The molecule has 0 saturated carbocycles. The molecule has 0 radical (unpaired) electrons. The Kier molecular flexibility index (Phi) is 4.00. The number of aromatic nitrogens is 1. The van der Waals surface area contributed by atoms with E-state index >= 15 is 0 Å². The summed E-state index contributed by atoms with van der Waals surface area (Å²) in [5.41, 5.74) is 3.39. The number of hydrogen-bond acceptors (Lipinski definition) is 3.